The Morgan fingerprint density at radius 3 is 2.55 bits per heavy atom. The minimum Gasteiger partial charge on any atom is -0.492 e. The molecule has 0 aliphatic heterocycles. The van der Waals surface area contributed by atoms with E-state index in [4.69, 9.17) is 10.5 Å². The van der Waals surface area contributed by atoms with Crippen molar-refractivity contribution in [1.82, 2.24) is 0 Å². The summed E-state index contributed by atoms with van der Waals surface area (Å²) < 4.78 is 6.86. The first kappa shape index (κ1) is 17.5. The minimum absolute atomic E-state index is 0.243. The smallest absolute Gasteiger partial charge is 0.133 e. The van der Waals surface area contributed by atoms with Crippen LogP contribution in [0.15, 0.2) is 22.7 Å². The fourth-order valence-electron chi connectivity index (χ4n) is 2.12. The molecule has 0 saturated heterocycles. The average molecular weight is 342 g/mol. The zero-order chi connectivity index (χ0) is 14.8. The molecule has 0 aliphatic rings. The van der Waals surface area contributed by atoms with Crippen LogP contribution in [0.5, 0.6) is 5.75 Å². The normalized spacial score (nSPS) is 12.4. The van der Waals surface area contributed by atoms with Gasteiger partial charge in [-0.15, -0.1) is 0 Å². The standard InChI is InChI=1S/C17H28BrNO/c1-3-5-6-7-8-11-20-17-10-9-14(13-16(17)18)12-15(19)4-2/h9-10,13,15H,3-8,11-12,19H2,1-2H3. The third-order valence-electron chi connectivity index (χ3n) is 3.52. The highest BCUT2D eigenvalue weighted by molar-refractivity contribution is 9.10. The van der Waals surface area contributed by atoms with Gasteiger partial charge in [-0.2, -0.15) is 0 Å². The van der Waals surface area contributed by atoms with Crippen LogP contribution in [-0.4, -0.2) is 12.6 Å². The fraction of sp³-hybridized carbons (Fsp3) is 0.647. The van der Waals surface area contributed by atoms with E-state index in [9.17, 15) is 0 Å². The van der Waals surface area contributed by atoms with E-state index >= 15 is 0 Å². The van der Waals surface area contributed by atoms with Crippen molar-refractivity contribution in [3.8, 4) is 5.75 Å². The monoisotopic (exact) mass is 341 g/mol. The third-order valence-corrected chi connectivity index (χ3v) is 4.14. The Hall–Kier alpha value is -0.540. The molecule has 0 aliphatic carbocycles. The Kier molecular flexibility index (Phi) is 8.95. The number of unbranched alkanes of at least 4 members (excludes halogenated alkanes) is 4. The predicted octanol–water partition coefficient (Wildman–Crippen LogP) is 5.08. The van der Waals surface area contributed by atoms with Crippen LogP contribution >= 0.6 is 15.9 Å². The van der Waals surface area contributed by atoms with Gasteiger partial charge in [-0.1, -0.05) is 45.6 Å². The molecule has 1 atom stereocenters. The van der Waals surface area contributed by atoms with Gasteiger partial charge in [-0.25, -0.2) is 0 Å². The average Bonchev–Trinajstić information content (AvgIpc) is 2.44. The van der Waals surface area contributed by atoms with Crippen molar-refractivity contribution in [2.75, 3.05) is 6.61 Å². The third kappa shape index (κ3) is 6.76. The first-order chi connectivity index (χ1) is 9.67. The van der Waals surface area contributed by atoms with E-state index in [1.54, 1.807) is 0 Å². The first-order valence-corrected chi connectivity index (χ1v) is 8.63. The molecule has 0 aromatic heterocycles. The molecule has 0 radical (unpaired) electrons. The Labute approximate surface area is 132 Å². The minimum atomic E-state index is 0.243. The number of ether oxygens (including phenoxy) is 1. The van der Waals surface area contributed by atoms with E-state index < -0.39 is 0 Å². The van der Waals surface area contributed by atoms with Gasteiger partial charge in [0.05, 0.1) is 11.1 Å². The zero-order valence-corrected chi connectivity index (χ0v) is 14.4. The van der Waals surface area contributed by atoms with Gasteiger partial charge in [0.2, 0.25) is 0 Å². The van der Waals surface area contributed by atoms with Crippen LogP contribution in [0.3, 0.4) is 0 Å². The van der Waals surface area contributed by atoms with Crippen molar-refractivity contribution in [3.63, 3.8) is 0 Å². The van der Waals surface area contributed by atoms with Gasteiger partial charge in [0, 0.05) is 6.04 Å². The van der Waals surface area contributed by atoms with Gasteiger partial charge in [-0.3, -0.25) is 0 Å². The van der Waals surface area contributed by atoms with Gasteiger partial charge < -0.3 is 10.5 Å². The van der Waals surface area contributed by atoms with Crippen LogP contribution in [0.4, 0.5) is 0 Å². The SMILES string of the molecule is CCCCCCCOc1ccc(CC(N)CC)cc1Br. The van der Waals surface area contributed by atoms with Crippen molar-refractivity contribution >= 4 is 15.9 Å². The second-order valence-corrected chi connectivity index (χ2v) is 6.25. The maximum Gasteiger partial charge on any atom is 0.133 e. The van der Waals surface area contributed by atoms with Crippen LogP contribution in [0.25, 0.3) is 0 Å². The Morgan fingerprint density at radius 1 is 1.15 bits per heavy atom. The first-order valence-electron chi connectivity index (χ1n) is 7.84. The van der Waals surface area contributed by atoms with Crippen LogP contribution in [0.1, 0.15) is 57.9 Å². The highest BCUT2D eigenvalue weighted by atomic mass is 79.9. The highest BCUT2D eigenvalue weighted by Gasteiger charge is 2.06. The summed E-state index contributed by atoms with van der Waals surface area (Å²) in [7, 11) is 0. The summed E-state index contributed by atoms with van der Waals surface area (Å²) in [6.07, 6.45) is 8.25. The molecule has 1 rings (SSSR count). The lowest BCUT2D eigenvalue weighted by Gasteiger charge is -2.12. The van der Waals surface area contributed by atoms with E-state index in [-0.39, 0.29) is 6.04 Å². The second kappa shape index (κ2) is 10.2. The summed E-state index contributed by atoms with van der Waals surface area (Å²) >= 11 is 3.59. The second-order valence-electron chi connectivity index (χ2n) is 5.40. The highest BCUT2D eigenvalue weighted by Crippen LogP contribution is 2.26. The lowest BCUT2D eigenvalue weighted by atomic mass is 10.0. The molecule has 0 spiro atoms. The summed E-state index contributed by atoms with van der Waals surface area (Å²) in [5.74, 6) is 0.939. The molecule has 2 N–H and O–H groups in total. The molecule has 2 nitrogen and oxygen atoms in total. The molecule has 0 heterocycles. The number of hydrogen-bond acceptors (Lipinski definition) is 2. The lowest BCUT2D eigenvalue weighted by molar-refractivity contribution is 0.302. The van der Waals surface area contributed by atoms with Gasteiger partial charge in [-0.05, 0) is 52.9 Å². The molecule has 3 heteroatoms. The summed E-state index contributed by atoms with van der Waals surface area (Å²) in [5, 5.41) is 0. The molecule has 0 bridgehead atoms. The summed E-state index contributed by atoms with van der Waals surface area (Å²) in [5.41, 5.74) is 7.25. The number of nitrogens with two attached hydrogens (primary N) is 1. The van der Waals surface area contributed by atoms with Gasteiger partial charge in [0.15, 0.2) is 0 Å². The lowest BCUT2D eigenvalue weighted by Crippen LogP contribution is -2.21. The molecule has 0 amide bonds. The number of halogens is 1. The van der Waals surface area contributed by atoms with Crippen molar-refractivity contribution in [2.45, 2.75) is 64.8 Å². The maximum atomic E-state index is 5.98. The Bertz CT molecular complexity index is 381. The van der Waals surface area contributed by atoms with E-state index in [0.29, 0.717) is 0 Å². The van der Waals surface area contributed by atoms with Crippen molar-refractivity contribution in [2.24, 2.45) is 5.73 Å². The van der Waals surface area contributed by atoms with Gasteiger partial charge >= 0.3 is 0 Å². The van der Waals surface area contributed by atoms with Crippen LogP contribution in [0.2, 0.25) is 0 Å². The van der Waals surface area contributed by atoms with E-state index in [1.807, 2.05) is 6.07 Å². The predicted molar refractivity (Wildman–Crippen MR) is 90.4 cm³/mol. The van der Waals surface area contributed by atoms with Gasteiger partial charge in [0.25, 0.3) is 0 Å². The zero-order valence-electron chi connectivity index (χ0n) is 12.8. The molecule has 1 aromatic carbocycles. The molecule has 114 valence electrons. The molecule has 1 unspecified atom stereocenters. The van der Waals surface area contributed by atoms with Crippen molar-refractivity contribution in [3.05, 3.63) is 28.2 Å². The number of rotatable bonds is 10. The maximum absolute atomic E-state index is 5.98. The molecule has 1 aromatic rings. The summed E-state index contributed by atoms with van der Waals surface area (Å²) in [6.45, 7) is 5.16. The largest absolute Gasteiger partial charge is 0.492 e. The molecule has 20 heavy (non-hydrogen) atoms. The van der Waals surface area contributed by atoms with Crippen LogP contribution in [0, 0.1) is 0 Å². The summed E-state index contributed by atoms with van der Waals surface area (Å²) in [6, 6.07) is 6.54. The molecular weight excluding hydrogens is 314 g/mol. The van der Waals surface area contributed by atoms with Gasteiger partial charge in [0.1, 0.15) is 5.75 Å². The van der Waals surface area contributed by atoms with Crippen LogP contribution < -0.4 is 10.5 Å². The summed E-state index contributed by atoms with van der Waals surface area (Å²) in [4.78, 5) is 0. The fourth-order valence-corrected chi connectivity index (χ4v) is 2.66. The Morgan fingerprint density at radius 2 is 1.90 bits per heavy atom. The topological polar surface area (TPSA) is 35.2 Å². The molecule has 0 fully saturated rings. The van der Waals surface area contributed by atoms with E-state index in [0.717, 1.165) is 36.1 Å². The van der Waals surface area contributed by atoms with E-state index in [1.165, 1.54) is 31.2 Å². The number of benzene rings is 1. The van der Waals surface area contributed by atoms with Crippen molar-refractivity contribution in [1.29, 1.82) is 0 Å². The van der Waals surface area contributed by atoms with Crippen molar-refractivity contribution < 1.29 is 4.74 Å². The quantitative estimate of drug-likeness (QED) is 0.602. The van der Waals surface area contributed by atoms with E-state index in [2.05, 4.69) is 41.9 Å². The van der Waals surface area contributed by atoms with Crippen LogP contribution in [-0.2, 0) is 6.42 Å². The molecule has 0 saturated carbocycles. The Balaban J connectivity index is 2.36. The molecular formula is C17H28BrNO. The number of hydrogen-bond donors (Lipinski definition) is 1.